The molecule has 0 spiro atoms. The maximum atomic E-state index is 5.74. The van der Waals surface area contributed by atoms with Crippen LogP contribution in [0.25, 0.3) is 10.9 Å². The Bertz CT molecular complexity index is 557. The first-order valence-corrected chi connectivity index (χ1v) is 6.53. The molecular weight excluding hydrogens is 242 g/mol. The first kappa shape index (κ1) is 13.1. The molecule has 0 fully saturated rings. The van der Waals surface area contributed by atoms with Gasteiger partial charge in [0.15, 0.2) is 0 Å². The van der Waals surface area contributed by atoms with Crippen molar-refractivity contribution in [2.24, 2.45) is 5.73 Å². The predicted octanol–water partition coefficient (Wildman–Crippen LogP) is 2.23. The van der Waals surface area contributed by atoms with Crippen molar-refractivity contribution in [3.8, 4) is 0 Å². The highest BCUT2D eigenvalue weighted by Gasteiger charge is 2.06. The lowest BCUT2D eigenvalue weighted by Gasteiger charge is -2.10. The first-order valence-electron chi connectivity index (χ1n) is 6.12. The molecule has 96 valence electrons. The van der Waals surface area contributed by atoms with Crippen LogP contribution in [0.4, 0.5) is 0 Å². The molecule has 0 saturated heterocycles. The highest BCUT2D eigenvalue weighted by Crippen LogP contribution is 2.20. The van der Waals surface area contributed by atoms with Gasteiger partial charge in [-0.2, -0.15) is 0 Å². The first-order chi connectivity index (χ1) is 8.59. The van der Waals surface area contributed by atoms with E-state index in [9.17, 15) is 0 Å². The minimum Gasteiger partial charge on any atom is -0.389 e. The molecule has 0 atom stereocenters. The number of nitrogens with zero attached hydrogens (tertiary/aromatic N) is 2. The molecule has 0 aliphatic rings. The minimum atomic E-state index is 0.464. The van der Waals surface area contributed by atoms with Crippen LogP contribution in [0.5, 0.6) is 0 Å². The lowest BCUT2D eigenvalue weighted by Crippen LogP contribution is -2.14. The molecule has 2 N–H and O–H groups in total. The summed E-state index contributed by atoms with van der Waals surface area (Å²) in [5, 5.41) is 1.15. The summed E-state index contributed by atoms with van der Waals surface area (Å²) in [6, 6.07) is 8.21. The number of fused-ring (bicyclic) bond motifs is 1. The van der Waals surface area contributed by atoms with Crippen molar-refractivity contribution in [3.63, 3.8) is 0 Å². The van der Waals surface area contributed by atoms with Gasteiger partial charge in [0.05, 0.1) is 0 Å². The third-order valence-corrected chi connectivity index (χ3v) is 3.30. The fourth-order valence-corrected chi connectivity index (χ4v) is 2.37. The minimum absolute atomic E-state index is 0.464. The topological polar surface area (TPSA) is 34.2 Å². The number of nitrogens with two attached hydrogens (primary N) is 1. The van der Waals surface area contributed by atoms with Crippen LogP contribution in [0.3, 0.4) is 0 Å². The van der Waals surface area contributed by atoms with Gasteiger partial charge in [-0.1, -0.05) is 24.4 Å². The Morgan fingerprint density at radius 3 is 2.78 bits per heavy atom. The summed E-state index contributed by atoms with van der Waals surface area (Å²) in [7, 11) is 4.19. The highest BCUT2D eigenvalue weighted by atomic mass is 32.1. The van der Waals surface area contributed by atoms with Gasteiger partial charge in [-0.15, -0.1) is 0 Å². The van der Waals surface area contributed by atoms with Crippen LogP contribution >= 0.6 is 12.2 Å². The molecule has 0 saturated carbocycles. The molecule has 0 aliphatic heterocycles. The Kier molecular flexibility index (Phi) is 3.99. The standard InChI is InChI=1S/C14H19N3S/c1-16(2)8-4-9-17-10-7-11-12(14(15)18)5-3-6-13(11)17/h3,5-7,10H,4,8-9H2,1-2H3,(H2,15,18). The second kappa shape index (κ2) is 5.50. The summed E-state index contributed by atoms with van der Waals surface area (Å²) in [6.45, 7) is 2.11. The fraction of sp³-hybridized carbons (Fsp3) is 0.357. The largest absolute Gasteiger partial charge is 0.389 e. The third-order valence-electron chi connectivity index (χ3n) is 3.08. The number of rotatable bonds is 5. The molecule has 2 aromatic rings. The second-order valence-corrected chi connectivity index (χ2v) is 5.21. The molecule has 1 heterocycles. The molecule has 0 unspecified atom stereocenters. The normalized spacial score (nSPS) is 11.3. The number of aromatic nitrogens is 1. The van der Waals surface area contributed by atoms with Gasteiger partial charge in [0.1, 0.15) is 4.99 Å². The predicted molar refractivity (Wildman–Crippen MR) is 81.0 cm³/mol. The average Bonchev–Trinajstić information content (AvgIpc) is 2.72. The SMILES string of the molecule is CN(C)CCCn1ccc2c(C(N)=S)cccc21. The van der Waals surface area contributed by atoms with Crippen LogP contribution < -0.4 is 5.73 Å². The van der Waals surface area contributed by atoms with Gasteiger partial charge in [0, 0.05) is 29.2 Å². The molecule has 1 aromatic carbocycles. The molecule has 3 nitrogen and oxygen atoms in total. The van der Waals surface area contributed by atoms with E-state index in [0.717, 1.165) is 30.5 Å². The number of hydrogen-bond donors (Lipinski definition) is 1. The fourth-order valence-electron chi connectivity index (χ4n) is 2.19. The van der Waals surface area contributed by atoms with E-state index in [4.69, 9.17) is 18.0 Å². The Morgan fingerprint density at radius 1 is 1.33 bits per heavy atom. The maximum Gasteiger partial charge on any atom is 0.104 e. The number of thiocarbonyl (C=S) groups is 1. The van der Waals surface area contributed by atoms with E-state index in [1.54, 1.807) is 0 Å². The van der Waals surface area contributed by atoms with Crippen LogP contribution in [-0.2, 0) is 6.54 Å². The van der Waals surface area contributed by atoms with E-state index < -0.39 is 0 Å². The Hall–Kier alpha value is -1.39. The summed E-state index contributed by atoms with van der Waals surface area (Å²) in [6.07, 6.45) is 3.25. The van der Waals surface area contributed by atoms with E-state index >= 15 is 0 Å². The van der Waals surface area contributed by atoms with Gasteiger partial charge < -0.3 is 15.2 Å². The van der Waals surface area contributed by atoms with Gasteiger partial charge in [-0.25, -0.2) is 0 Å². The van der Waals surface area contributed by atoms with Crippen molar-refractivity contribution in [2.75, 3.05) is 20.6 Å². The smallest absolute Gasteiger partial charge is 0.104 e. The zero-order chi connectivity index (χ0) is 13.1. The summed E-state index contributed by atoms with van der Waals surface area (Å²) in [5.74, 6) is 0. The molecule has 0 amide bonds. The van der Waals surface area contributed by atoms with Crippen LogP contribution in [0, 0.1) is 0 Å². The monoisotopic (exact) mass is 261 g/mol. The van der Waals surface area contributed by atoms with E-state index in [-0.39, 0.29) is 0 Å². The van der Waals surface area contributed by atoms with E-state index in [1.807, 2.05) is 12.1 Å². The summed E-state index contributed by atoms with van der Waals surface area (Å²) < 4.78 is 2.26. The second-order valence-electron chi connectivity index (χ2n) is 4.77. The Balaban J connectivity index is 2.26. The number of aryl methyl sites for hydroxylation is 1. The van der Waals surface area contributed by atoms with Gasteiger partial charge in [0.2, 0.25) is 0 Å². The van der Waals surface area contributed by atoms with Gasteiger partial charge in [0.25, 0.3) is 0 Å². The molecule has 0 radical (unpaired) electrons. The van der Waals surface area contributed by atoms with Gasteiger partial charge in [-0.3, -0.25) is 0 Å². The molecule has 1 aromatic heterocycles. The maximum absolute atomic E-state index is 5.74. The summed E-state index contributed by atoms with van der Waals surface area (Å²) >= 11 is 5.08. The zero-order valence-corrected chi connectivity index (χ0v) is 11.7. The molecular formula is C14H19N3S. The van der Waals surface area contributed by atoms with Crippen LogP contribution in [-0.4, -0.2) is 35.1 Å². The third kappa shape index (κ3) is 2.71. The lowest BCUT2D eigenvalue weighted by atomic mass is 10.1. The zero-order valence-electron chi connectivity index (χ0n) is 10.9. The van der Waals surface area contributed by atoms with Crippen molar-refractivity contribution in [3.05, 3.63) is 36.0 Å². The number of hydrogen-bond acceptors (Lipinski definition) is 2. The summed E-state index contributed by atoms with van der Waals surface area (Å²) in [5.41, 5.74) is 7.92. The molecule has 0 bridgehead atoms. The average molecular weight is 261 g/mol. The van der Waals surface area contributed by atoms with Crippen LogP contribution in [0.15, 0.2) is 30.5 Å². The van der Waals surface area contributed by atoms with Crippen LogP contribution in [0.2, 0.25) is 0 Å². The molecule has 0 aliphatic carbocycles. The molecule has 18 heavy (non-hydrogen) atoms. The van der Waals surface area contributed by atoms with Gasteiger partial charge >= 0.3 is 0 Å². The van der Waals surface area contributed by atoms with Crippen molar-refractivity contribution < 1.29 is 0 Å². The van der Waals surface area contributed by atoms with Crippen molar-refractivity contribution in [1.29, 1.82) is 0 Å². The highest BCUT2D eigenvalue weighted by molar-refractivity contribution is 7.80. The number of benzene rings is 1. The molecule has 4 heteroatoms. The quantitative estimate of drug-likeness (QED) is 0.838. The molecule has 2 rings (SSSR count). The van der Waals surface area contributed by atoms with Crippen molar-refractivity contribution >= 4 is 28.1 Å². The van der Waals surface area contributed by atoms with Crippen molar-refractivity contribution in [1.82, 2.24) is 9.47 Å². The van der Waals surface area contributed by atoms with E-state index in [2.05, 4.69) is 41.9 Å². The Labute approximate surface area is 113 Å². The van der Waals surface area contributed by atoms with E-state index in [0.29, 0.717) is 4.99 Å². The van der Waals surface area contributed by atoms with Gasteiger partial charge in [-0.05, 0) is 39.2 Å². The lowest BCUT2D eigenvalue weighted by molar-refractivity contribution is 0.388. The Morgan fingerprint density at radius 2 is 2.11 bits per heavy atom. The van der Waals surface area contributed by atoms with E-state index in [1.165, 1.54) is 5.52 Å². The van der Waals surface area contributed by atoms with Crippen LogP contribution in [0.1, 0.15) is 12.0 Å². The van der Waals surface area contributed by atoms with Crippen molar-refractivity contribution in [2.45, 2.75) is 13.0 Å². The summed E-state index contributed by atoms with van der Waals surface area (Å²) in [4.78, 5) is 2.67.